The van der Waals surface area contributed by atoms with Gasteiger partial charge in [-0.1, -0.05) is 18.2 Å². The van der Waals surface area contributed by atoms with Gasteiger partial charge in [0, 0.05) is 18.0 Å². The van der Waals surface area contributed by atoms with E-state index in [9.17, 15) is 9.59 Å². The third-order valence-electron chi connectivity index (χ3n) is 4.02. The fourth-order valence-electron chi connectivity index (χ4n) is 2.72. The van der Waals surface area contributed by atoms with Gasteiger partial charge in [-0.2, -0.15) is 5.26 Å². The number of fused-ring (bicyclic) bond motifs is 1. The molecule has 1 aliphatic heterocycles. The molecule has 1 N–H and O–H groups in total. The number of esters is 1. The molecule has 1 amide bonds. The summed E-state index contributed by atoms with van der Waals surface area (Å²) in [5, 5.41) is 11.6. The molecule has 0 saturated carbocycles. The molecule has 0 saturated heterocycles. The summed E-state index contributed by atoms with van der Waals surface area (Å²) < 4.78 is 5.23. The van der Waals surface area contributed by atoms with Gasteiger partial charge < -0.3 is 10.1 Å². The van der Waals surface area contributed by atoms with E-state index in [0.29, 0.717) is 24.2 Å². The van der Waals surface area contributed by atoms with Crippen LogP contribution >= 0.6 is 0 Å². The van der Waals surface area contributed by atoms with E-state index in [4.69, 9.17) is 10.00 Å². The molecule has 0 bridgehead atoms. The number of ether oxygens (including phenoxy) is 1. The van der Waals surface area contributed by atoms with E-state index in [1.807, 2.05) is 30.3 Å². The Balaban J connectivity index is 1.54. The van der Waals surface area contributed by atoms with Gasteiger partial charge in [-0.15, -0.1) is 0 Å². The van der Waals surface area contributed by atoms with Crippen molar-refractivity contribution in [1.82, 2.24) is 0 Å². The quantitative estimate of drug-likeness (QED) is 0.693. The van der Waals surface area contributed by atoms with Gasteiger partial charge in [0.2, 0.25) is 5.91 Å². The molecule has 5 nitrogen and oxygen atoms in total. The van der Waals surface area contributed by atoms with Crippen molar-refractivity contribution >= 4 is 17.6 Å². The van der Waals surface area contributed by atoms with Crippen molar-refractivity contribution in [1.29, 1.82) is 5.26 Å². The Morgan fingerprint density at radius 2 is 1.96 bits per heavy atom. The van der Waals surface area contributed by atoms with Crippen LogP contribution in [0.25, 0.3) is 0 Å². The van der Waals surface area contributed by atoms with Gasteiger partial charge >= 0.3 is 5.97 Å². The van der Waals surface area contributed by atoms with Crippen LogP contribution in [-0.2, 0) is 16.0 Å². The van der Waals surface area contributed by atoms with Crippen LogP contribution in [0.4, 0.5) is 5.69 Å². The second-order valence-electron chi connectivity index (χ2n) is 5.70. The van der Waals surface area contributed by atoms with Crippen molar-refractivity contribution in [2.45, 2.75) is 19.3 Å². The van der Waals surface area contributed by atoms with Gasteiger partial charge in [0.05, 0.1) is 11.6 Å². The number of nitriles is 1. The molecule has 2 aromatic carbocycles. The Labute approximate surface area is 139 Å². The van der Waals surface area contributed by atoms with Gasteiger partial charge in [0.1, 0.15) is 5.75 Å². The van der Waals surface area contributed by atoms with E-state index in [-0.39, 0.29) is 24.2 Å². The SMILES string of the molecule is N#Cc1ccc(OC(=O)CCC2Cc3ccccc3NC2=O)cc1. The first-order valence-electron chi connectivity index (χ1n) is 7.75. The first kappa shape index (κ1) is 15.8. The number of rotatable bonds is 4. The smallest absolute Gasteiger partial charge is 0.311 e. The number of carbonyl (C=O) groups excluding carboxylic acids is 2. The lowest BCUT2D eigenvalue weighted by molar-refractivity contribution is -0.134. The van der Waals surface area contributed by atoms with Crippen LogP contribution in [-0.4, -0.2) is 11.9 Å². The Morgan fingerprint density at radius 1 is 1.21 bits per heavy atom. The van der Waals surface area contributed by atoms with Gasteiger partial charge in [0.15, 0.2) is 0 Å². The van der Waals surface area contributed by atoms with Crippen molar-refractivity contribution in [3.8, 4) is 11.8 Å². The van der Waals surface area contributed by atoms with Crippen LogP contribution in [0.15, 0.2) is 48.5 Å². The second-order valence-corrected chi connectivity index (χ2v) is 5.70. The maximum absolute atomic E-state index is 12.1. The maximum Gasteiger partial charge on any atom is 0.311 e. The summed E-state index contributed by atoms with van der Waals surface area (Å²) in [6, 6.07) is 16.0. The van der Waals surface area contributed by atoms with Crippen molar-refractivity contribution in [2.75, 3.05) is 5.32 Å². The predicted molar refractivity (Wildman–Crippen MR) is 88.3 cm³/mol. The molecule has 120 valence electrons. The molecular formula is C19H16N2O3. The number of para-hydroxylation sites is 1. The van der Waals surface area contributed by atoms with E-state index in [1.165, 1.54) is 0 Å². The maximum atomic E-state index is 12.1. The molecule has 1 heterocycles. The summed E-state index contributed by atoms with van der Waals surface area (Å²) in [5.74, 6) is -0.267. The largest absolute Gasteiger partial charge is 0.427 e. The molecule has 1 aliphatic rings. The van der Waals surface area contributed by atoms with E-state index in [2.05, 4.69) is 5.32 Å². The minimum atomic E-state index is -0.383. The topological polar surface area (TPSA) is 79.2 Å². The molecule has 0 aliphatic carbocycles. The van der Waals surface area contributed by atoms with Crippen LogP contribution in [0.1, 0.15) is 24.0 Å². The first-order valence-corrected chi connectivity index (χ1v) is 7.75. The lowest BCUT2D eigenvalue weighted by Gasteiger charge is -2.24. The highest BCUT2D eigenvalue weighted by Gasteiger charge is 2.26. The van der Waals surface area contributed by atoms with Crippen LogP contribution < -0.4 is 10.1 Å². The standard InChI is InChI=1S/C19H16N2O3/c20-12-13-5-8-16(9-6-13)24-18(22)10-7-15-11-14-3-1-2-4-17(14)21-19(15)23/h1-6,8-9,15H,7,10-11H2,(H,21,23). The molecule has 0 spiro atoms. The fourth-order valence-corrected chi connectivity index (χ4v) is 2.72. The Morgan fingerprint density at radius 3 is 2.71 bits per heavy atom. The summed E-state index contributed by atoms with van der Waals surface area (Å²) in [7, 11) is 0. The van der Waals surface area contributed by atoms with E-state index < -0.39 is 0 Å². The lowest BCUT2D eigenvalue weighted by atomic mass is 9.90. The Hall–Kier alpha value is -3.13. The van der Waals surface area contributed by atoms with Gasteiger partial charge in [-0.25, -0.2) is 0 Å². The number of amides is 1. The van der Waals surface area contributed by atoms with E-state index in [1.54, 1.807) is 24.3 Å². The molecule has 3 rings (SSSR count). The normalized spacial score (nSPS) is 15.8. The minimum Gasteiger partial charge on any atom is -0.427 e. The van der Waals surface area contributed by atoms with Crippen LogP contribution in [0.2, 0.25) is 0 Å². The van der Waals surface area contributed by atoms with Crippen molar-refractivity contribution in [3.63, 3.8) is 0 Å². The van der Waals surface area contributed by atoms with Crippen molar-refractivity contribution in [3.05, 3.63) is 59.7 Å². The summed E-state index contributed by atoms with van der Waals surface area (Å²) in [4.78, 5) is 24.0. The molecule has 0 aromatic heterocycles. The predicted octanol–water partition coefficient (Wildman–Crippen LogP) is 3.05. The molecule has 0 radical (unpaired) electrons. The summed E-state index contributed by atoms with van der Waals surface area (Å²) in [6.45, 7) is 0. The minimum absolute atomic E-state index is 0.0557. The molecule has 24 heavy (non-hydrogen) atoms. The van der Waals surface area contributed by atoms with Gasteiger partial charge in [-0.3, -0.25) is 9.59 Å². The average molecular weight is 320 g/mol. The highest BCUT2D eigenvalue weighted by atomic mass is 16.5. The first-order chi connectivity index (χ1) is 11.7. The van der Waals surface area contributed by atoms with Crippen LogP contribution in [0.5, 0.6) is 5.75 Å². The summed E-state index contributed by atoms with van der Waals surface area (Å²) in [5.41, 5.74) is 2.44. The number of nitrogens with one attached hydrogen (secondary N) is 1. The third-order valence-corrected chi connectivity index (χ3v) is 4.02. The molecule has 1 atom stereocenters. The van der Waals surface area contributed by atoms with Crippen LogP contribution in [0.3, 0.4) is 0 Å². The zero-order chi connectivity index (χ0) is 16.9. The number of carbonyl (C=O) groups is 2. The molecule has 5 heteroatoms. The van der Waals surface area contributed by atoms with Crippen LogP contribution in [0, 0.1) is 17.2 Å². The lowest BCUT2D eigenvalue weighted by Crippen LogP contribution is -2.30. The number of hydrogen-bond donors (Lipinski definition) is 1. The fraction of sp³-hybridized carbons (Fsp3) is 0.211. The number of anilines is 1. The highest BCUT2D eigenvalue weighted by Crippen LogP contribution is 2.27. The van der Waals surface area contributed by atoms with Gasteiger partial charge in [0.25, 0.3) is 0 Å². The number of hydrogen-bond acceptors (Lipinski definition) is 4. The zero-order valence-corrected chi connectivity index (χ0v) is 13.0. The van der Waals surface area contributed by atoms with Gasteiger partial charge in [-0.05, 0) is 48.7 Å². The Kier molecular flexibility index (Phi) is 4.57. The van der Waals surface area contributed by atoms with Crippen molar-refractivity contribution < 1.29 is 14.3 Å². The highest BCUT2D eigenvalue weighted by molar-refractivity contribution is 5.95. The van der Waals surface area contributed by atoms with E-state index >= 15 is 0 Å². The molecule has 0 fully saturated rings. The van der Waals surface area contributed by atoms with E-state index in [0.717, 1.165) is 11.3 Å². The zero-order valence-electron chi connectivity index (χ0n) is 13.0. The van der Waals surface area contributed by atoms with Crippen molar-refractivity contribution in [2.24, 2.45) is 5.92 Å². The number of benzene rings is 2. The third kappa shape index (κ3) is 3.61. The summed E-state index contributed by atoms with van der Waals surface area (Å²) >= 11 is 0. The molecule has 1 unspecified atom stereocenters. The average Bonchev–Trinajstić information content (AvgIpc) is 2.60. The Bertz CT molecular complexity index is 806. The number of nitrogens with zero attached hydrogens (tertiary/aromatic N) is 1. The second kappa shape index (κ2) is 6.97. The monoisotopic (exact) mass is 320 g/mol. The molecule has 2 aromatic rings. The molecular weight excluding hydrogens is 304 g/mol. The summed E-state index contributed by atoms with van der Waals surface area (Å²) in [6.07, 6.45) is 1.24.